The molecule has 3 heteroatoms. The van der Waals surface area contributed by atoms with Crippen LogP contribution >= 0.6 is 0 Å². The zero-order valence-corrected chi connectivity index (χ0v) is 12.0. The van der Waals surface area contributed by atoms with Crippen LogP contribution in [0, 0.1) is 6.92 Å². The Morgan fingerprint density at radius 3 is 2.43 bits per heavy atom. The highest BCUT2D eigenvalue weighted by atomic mass is 14.7. The van der Waals surface area contributed by atoms with E-state index in [4.69, 9.17) is 0 Å². The van der Waals surface area contributed by atoms with Crippen LogP contribution < -0.4 is 0 Å². The molecule has 3 aromatic heterocycles. The van der Waals surface area contributed by atoms with Crippen LogP contribution in [0.15, 0.2) is 60.9 Å². The molecule has 0 aromatic carbocycles. The Hall–Kier alpha value is -2.55. The first-order valence-electron chi connectivity index (χ1n) is 7.06. The summed E-state index contributed by atoms with van der Waals surface area (Å²) in [5.41, 5.74) is 5.44. The number of aromatic nitrogens is 3. The van der Waals surface area contributed by atoms with E-state index in [2.05, 4.69) is 21.0 Å². The van der Waals surface area contributed by atoms with Gasteiger partial charge in [-0.25, -0.2) is 0 Å². The molecule has 0 saturated carbocycles. The maximum atomic E-state index is 4.53. The predicted octanol–water partition coefficient (Wildman–Crippen LogP) is 3.36. The maximum Gasteiger partial charge on any atom is 0.0466 e. The molecular weight excluding hydrogens is 258 g/mol. The van der Waals surface area contributed by atoms with Crippen molar-refractivity contribution in [2.24, 2.45) is 0 Å². The molecule has 0 fully saturated rings. The van der Waals surface area contributed by atoms with E-state index in [0.29, 0.717) is 0 Å². The molecule has 21 heavy (non-hydrogen) atoms. The Bertz CT molecular complexity index is 723. The lowest BCUT2D eigenvalue weighted by Gasteiger charge is -2.05. The maximum absolute atomic E-state index is 4.53. The third-order valence-corrected chi connectivity index (χ3v) is 3.30. The fourth-order valence-electron chi connectivity index (χ4n) is 2.33. The monoisotopic (exact) mass is 275 g/mol. The van der Waals surface area contributed by atoms with Crippen LogP contribution in [-0.2, 0) is 12.8 Å². The minimum Gasteiger partial charge on any atom is -0.261 e. The number of hydrogen-bond donors (Lipinski definition) is 0. The molecule has 0 unspecified atom stereocenters. The van der Waals surface area contributed by atoms with E-state index in [9.17, 15) is 0 Å². The van der Waals surface area contributed by atoms with Gasteiger partial charge in [-0.05, 0) is 48.9 Å². The highest BCUT2D eigenvalue weighted by Crippen LogP contribution is 2.11. The molecule has 0 atom stereocenters. The van der Waals surface area contributed by atoms with E-state index in [-0.39, 0.29) is 0 Å². The Balaban J connectivity index is 1.77. The van der Waals surface area contributed by atoms with Crippen LogP contribution in [0.2, 0.25) is 0 Å². The number of pyridine rings is 3. The van der Waals surface area contributed by atoms with Gasteiger partial charge in [-0.15, -0.1) is 0 Å². The number of aryl methyl sites for hydroxylation is 1. The highest BCUT2D eigenvalue weighted by Gasteiger charge is 2.02. The number of rotatable bonds is 4. The Morgan fingerprint density at radius 2 is 1.62 bits per heavy atom. The Morgan fingerprint density at radius 1 is 0.762 bits per heavy atom. The molecular formula is C18H17N3. The lowest BCUT2D eigenvalue weighted by Crippen LogP contribution is -1.98. The number of hydrogen-bond acceptors (Lipinski definition) is 3. The predicted molar refractivity (Wildman–Crippen MR) is 83.1 cm³/mol. The smallest absolute Gasteiger partial charge is 0.0466 e. The normalized spacial score (nSPS) is 10.5. The fourth-order valence-corrected chi connectivity index (χ4v) is 2.33. The van der Waals surface area contributed by atoms with Crippen LogP contribution in [0.25, 0.3) is 0 Å². The van der Waals surface area contributed by atoms with Gasteiger partial charge in [0.2, 0.25) is 0 Å². The molecule has 0 saturated heterocycles. The minimum absolute atomic E-state index is 0.762. The summed E-state index contributed by atoms with van der Waals surface area (Å²) in [4.78, 5) is 13.3. The van der Waals surface area contributed by atoms with E-state index >= 15 is 0 Å². The third-order valence-electron chi connectivity index (χ3n) is 3.30. The summed E-state index contributed by atoms with van der Waals surface area (Å²) in [5, 5.41) is 0. The van der Waals surface area contributed by atoms with Gasteiger partial charge in [0, 0.05) is 48.0 Å². The van der Waals surface area contributed by atoms with E-state index in [1.165, 1.54) is 5.56 Å². The molecule has 3 heterocycles. The molecule has 0 spiro atoms. The molecule has 3 nitrogen and oxygen atoms in total. The molecule has 104 valence electrons. The summed E-state index contributed by atoms with van der Waals surface area (Å²) < 4.78 is 0. The zero-order chi connectivity index (χ0) is 14.5. The van der Waals surface area contributed by atoms with Crippen LogP contribution in [-0.4, -0.2) is 15.0 Å². The van der Waals surface area contributed by atoms with Crippen molar-refractivity contribution in [1.82, 2.24) is 15.0 Å². The van der Waals surface area contributed by atoms with E-state index in [1.807, 2.05) is 61.8 Å². The second kappa shape index (κ2) is 6.27. The van der Waals surface area contributed by atoms with Gasteiger partial charge in [-0.3, -0.25) is 15.0 Å². The third kappa shape index (κ3) is 3.72. The van der Waals surface area contributed by atoms with Crippen LogP contribution in [0.4, 0.5) is 0 Å². The standard InChI is InChI=1S/C18H17N3/c1-14-5-4-7-17(21-14)13-18-12-15(8-10-20-18)11-16-6-2-3-9-19-16/h2-10,12H,11,13H2,1H3. The molecule has 0 amide bonds. The first kappa shape index (κ1) is 13.4. The topological polar surface area (TPSA) is 38.7 Å². The fraction of sp³-hybridized carbons (Fsp3) is 0.167. The highest BCUT2D eigenvalue weighted by molar-refractivity contribution is 5.25. The van der Waals surface area contributed by atoms with Crippen molar-refractivity contribution in [3.63, 3.8) is 0 Å². The van der Waals surface area contributed by atoms with Crippen molar-refractivity contribution < 1.29 is 0 Å². The quantitative estimate of drug-likeness (QED) is 0.733. The molecule has 3 aromatic rings. The summed E-state index contributed by atoms with van der Waals surface area (Å²) in [5.74, 6) is 0. The number of nitrogens with zero attached hydrogens (tertiary/aromatic N) is 3. The zero-order valence-electron chi connectivity index (χ0n) is 12.0. The van der Waals surface area contributed by atoms with Gasteiger partial charge in [-0.2, -0.15) is 0 Å². The largest absolute Gasteiger partial charge is 0.261 e. The minimum atomic E-state index is 0.762. The summed E-state index contributed by atoms with van der Waals surface area (Å²) in [7, 11) is 0. The van der Waals surface area contributed by atoms with Crippen LogP contribution in [0.5, 0.6) is 0 Å². The molecule has 0 bridgehead atoms. The van der Waals surface area contributed by atoms with Crippen LogP contribution in [0.1, 0.15) is 28.3 Å². The van der Waals surface area contributed by atoms with Crippen molar-refractivity contribution in [3.05, 3.63) is 89.3 Å². The van der Waals surface area contributed by atoms with Gasteiger partial charge in [0.25, 0.3) is 0 Å². The first-order valence-corrected chi connectivity index (χ1v) is 7.06. The van der Waals surface area contributed by atoms with Crippen molar-refractivity contribution in [1.29, 1.82) is 0 Å². The van der Waals surface area contributed by atoms with E-state index < -0.39 is 0 Å². The summed E-state index contributed by atoms with van der Waals surface area (Å²) in [6.07, 6.45) is 5.28. The summed E-state index contributed by atoms with van der Waals surface area (Å²) in [6, 6.07) is 16.3. The molecule has 0 N–H and O–H groups in total. The van der Waals surface area contributed by atoms with Crippen molar-refractivity contribution >= 4 is 0 Å². The Labute approximate surface area is 124 Å². The van der Waals surface area contributed by atoms with Gasteiger partial charge >= 0.3 is 0 Å². The van der Waals surface area contributed by atoms with Crippen molar-refractivity contribution in [2.75, 3.05) is 0 Å². The molecule has 0 aliphatic rings. The van der Waals surface area contributed by atoms with Gasteiger partial charge in [0.1, 0.15) is 0 Å². The Kier molecular flexibility index (Phi) is 4.01. The molecule has 0 aliphatic carbocycles. The second-order valence-corrected chi connectivity index (χ2v) is 5.10. The van der Waals surface area contributed by atoms with Gasteiger partial charge in [0.15, 0.2) is 0 Å². The summed E-state index contributed by atoms with van der Waals surface area (Å²) >= 11 is 0. The first-order chi connectivity index (χ1) is 10.3. The van der Waals surface area contributed by atoms with Gasteiger partial charge in [-0.1, -0.05) is 12.1 Å². The average molecular weight is 275 g/mol. The van der Waals surface area contributed by atoms with E-state index in [1.54, 1.807) is 0 Å². The van der Waals surface area contributed by atoms with Crippen LogP contribution in [0.3, 0.4) is 0 Å². The van der Waals surface area contributed by atoms with Crippen molar-refractivity contribution in [3.8, 4) is 0 Å². The second-order valence-electron chi connectivity index (χ2n) is 5.10. The molecule has 0 radical (unpaired) electrons. The van der Waals surface area contributed by atoms with Gasteiger partial charge < -0.3 is 0 Å². The van der Waals surface area contributed by atoms with E-state index in [0.717, 1.165) is 35.6 Å². The lowest BCUT2D eigenvalue weighted by atomic mass is 10.1. The van der Waals surface area contributed by atoms with Gasteiger partial charge in [0.05, 0.1) is 0 Å². The van der Waals surface area contributed by atoms with Crippen molar-refractivity contribution in [2.45, 2.75) is 19.8 Å². The average Bonchev–Trinajstić information content (AvgIpc) is 2.49. The lowest BCUT2D eigenvalue weighted by molar-refractivity contribution is 0.976. The summed E-state index contributed by atoms with van der Waals surface area (Å²) in [6.45, 7) is 2.01. The molecule has 3 rings (SSSR count). The molecule has 0 aliphatic heterocycles. The SMILES string of the molecule is Cc1cccc(Cc2cc(Cc3ccccn3)ccn2)n1.